The first-order chi connectivity index (χ1) is 9.52. The molecule has 0 saturated carbocycles. The minimum absolute atomic E-state index is 0.166. The van der Waals surface area contributed by atoms with Crippen LogP contribution in [0.25, 0.3) is 0 Å². The molecule has 1 aliphatic rings. The minimum atomic E-state index is -0.308. The van der Waals surface area contributed by atoms with Gasteiger partial charge in [-0.15, -0.1) is 0 Å². The van der Waals surface area contributed by atoms with Crippen LogP contribution < -0.4 is 4.90 Å². The average Bonchev–Trinajstić information content (AvgIpc) is 2.46. The van der Waals surface area contributed by atoms with E-state index in [9.17, 15) is 10.1 Å². The van der Waals surface area contributed by atoms with Crippen molar-refractivity contribution in [3.8, 4) is 0 Å². The van der Waals surface area contributed by atoms with E-state index in [0.717, 1.165) is 36.9 Å². The second-order valence-electron chi connectivity index (χ2n) is 5.17. The molecule has 1 fully saturated rings. The van der Waals surface area contributed by atoms with Crippen LogP contribution in [-0.2, 0) is 0 Å². The molecule has 1 aliphatic heterocycles. The van der Waals surface area contributed by atoms with E-state index in [1.165, 1.54) is 0 Å². The first-order valence-corrected chi connectivity index (χ1v) is 7.71. The smallest absolute Gasteiger partial charge is 0.293 e. The van der Waals surface area contributed by atoms with E-state index in [2.05, 4.69) is 32.7 Å². The molecule has 0 aromatic heterocycles. The van der Waals surface area contributed by atoms with Gasteiger partial charge in [0.15, 0.2) is 0 Å². The van der Waals surface area contributed by atoms with Gasteiger partial charge in [-0.1, -0.05) is 22.9 Å². The maximum absolute atomic E-state index is 11.2. The number of piperidine rings is 1. The van der Waals surface area contributed by atoms with Crippen molar-refractivity contribution in [3.63, 3.8) is 0 Å². The van der Waals surface area contributed by atoms with Gasteiger partial charge in [0.05, 0.1) is 4.92 Å². The van der Waals surface area contributed by atoms with Crippen LogP contribution in [-0.4, -0.2) is 42.5 Å². The molecule has 0 unspecified atom stereocenters. The predicted molar refractivity (Wildman–Crippen MR) is 84.3 cm³/mol. The molecule has 20 heavy (non-hydrogen) atoms. The Morgan fingerprint density at radius 3 is 2.65 bits per heavy atom. The lowest BCUT2D eigenvalue weighted by atomic mass is 10.0. The number of likely N-dealkylation sites (tertiary alicyclic amines) is 1. The number of hydrogen-bond acceptors (Lipinski definition) is 4. The highest BCUT2D eigenvalue weighted by Crippen LogP contribution is 2.33. The molecule has 1 aromatic rings. The van der Waals surface area contributed by atoms with Gasteiger partial charge in [-0.05, 0) is 31.5 Å². The van der Waals surface area contributed by atoms with E-state index in [-0.39, 0.29) is 10.6 Å². The third-order valence-electron chi connectivity index (χ3n) is 4.07. The Morgan fingerprint density at radius 1 is 1.45 bits per heavy atom. The molecular weight excluding hydrogens is 322 g/mol. The number of nitro groups is 1. The van der Waals surface area contributed by atoms with Gasteiger partial charge in [-0.2, -0.15) is 0 Å². The zero-order valence-electron chi connectivity index (χ0n) is 11.9. The Kier molecular flexibility index (Phi) is 4.99. The molecule has 0 N–H and O–H groups in total. The fourth-order valence-electron chi connectivity index (χ4n) is 2.76. The van der Waals surface area contributed by atoms with Crippen LogP contribution in [0.4, 0.5) is 11.4 Å². The largest absolute Gasteiger partial charge is 0.366 e. The highest BCUT2D eigenvalue weighted by atomic mass is 79.9. The number of nitrogens with zero attached hydrogens (tertiary/aromatic N) is 3. The SMILES string of the molecule is CCN1CCC(N(C)c2ccc(Br)cc2[N+](=O)[O-])CC1. The minimum Gasteiger partial charge on any atom is -0.366 e. The highest BCUT2D eigenvalue weighted by molar-refractivity contribution is 9.10. The topological polar surface area (TPSA) is 49.6 Å². The summed E-state index contributed by atoms with van der Waals surface area (Å²) in [6.07, 6.45) is 2.11. The van der Waals surface area contributed by atoms with Gasteiger partial charge in [0.1, 0.15) is 5.69 Å². The van der Waals surface area contributed by atoms with E-state index < -0.39 is 0 Å². The van der Waals surface area contributed by atoms with Crippen LogP contribution in [0, 0.1) is 10.1 Å². The molecule has 0 spiro atoms. The molecule has 1 saturated heterocycles. The number of halogens is 1. The van der Waals surface area contributed by atoms with Crippen molar-refractivity contribution in [2.75, 3.05) is 31.6 Å². The van der Waals surface area contributed by atoms with Crippen molar-refractivity contribution in [1.29, 1.82) is 0 Å². The molecule has 5 nitrogen and oxygen atoms in total. The summed E-state index contributed by atoms with van der Waals surface area (Å²) in [5.74, 6) is 0. The lowest BCUT2D eigenvalue weighted by Crippen LogP contribution is -2.43. The van der Waals surface area contributed by atoms with Gasteiger partial charge in [0, 0.05) is 36.7 Å². The Bertz CT molecular complexity index is 487. The summed E-state index contributed by atoms with van der Waals surface area (Å²) >= 11 is 3.30. The first-order valence-electron chi connectivity index (χ1n) is 6.92. The third kappa shape index (κ3) is 3.30. The maximum Gasteiger partial charge on any atom is 0.293 e. The monoisotopic (exact) mass is 341 g/mol. The summed E-state index contributed by atoms with van der Waals surface area (Å²) in [5.41, 5.74) is 0.868. The molecule has 0 radical (unpaired) electrons. The van der Waals surface area contributed by atoms with Gasteiger partial charge in [-0.3, -0.25) is 10.1 Å². The Balaban J connectivity index is 2.17. The van der Waals surface area contributed by atoms with Crippen LogP contribution in [0.5, 0.6) is 0 Å². The molecule has 0 atom stereocenters. The van der Waals surface area contributed by atoms with Crippen LogP contribution in [0.2, 0.25) is 0 Å². The normalized spacial score (nSPS) is 17.1. The van der Waals surface area contributed by atoms with Crippen molar-refractivity contribution in [3.05, 3.63) is 32.8 Å². The quantitative estimate of drug-likeness (QED) is 0.622. The summed E-state index contributed by atoms with van der Waals surface area (Å²) in [7, 11) is 1.96. The number of anilines is 1. The number of hydrogen-bond donors (Lipinski definition) is 0. The van der Waals surface area contributed by atoms with Crippen LogP contribution in [0.3, 0.4) is 0 Å². The van der Waals surface area contributed by atoms with Crippen molar-refractivity contribution in [2.45, 2.75) is 25.8 Å². The van der Waals surface area contributed by atoms with Gasteiger partial charge in [-0.25, -0.2) is 0 Å². The number of benzene rings is 1. The van der Waals surface area contributed by atoms with Gasteiger partial charge in [0.25, 0.3) is 5.69 Å². The zero-order chi connectivity index (χ0) is 14.7. The summed E-state index contributed by atoms with van der Waals surface area (Å²) in [4.78, 5) is 15.4. The van der Waals surface area contributed by atoms with E-state index in [4.69, 9.17) is 0 Å². The van der Waals surface area contributed by atoms with Crippen LogP contribution >= 0.6 is 15.9 Å². The van der Waals surface area contributed by atoms with Crippen molar-refractivity contribution >= 4 is 27.3 Å². The molecule has 0 amide bonds. The highest BCUT2D eigenvalue weighted by Gasteiger charge is 2.26. The number of rotatable bonds is 4. The number of nitro benzene ring substituents is 1. The lowest BCUT2D eigenvalue weighted by Gasteiger charge is -2.37. The maximum atomic E-state index is 11.2. The predicted octanol–water partition coefficient (Wildman–Crippen LogP) is 3.28. The fraction of sp³-hybridized carbons (Fsp3) is 0.571. The Morgan fingerprint density at radius 2 is 2.10 bits per heavy atom. The van der Waals surface area contributed by atoms with Crippen molar-refractivity contribution < 1.29 is 4.92 Å². The summed E-state index contributed by atoms with van der Waals surface area (Å²) in [5, 5.41) is 11.2. The summed E-state index contributed by atoms with van der Waals surface area (Å²) in [6, 6.07) is 5.64. The molecule has 1 heterocycles. The second kappa shape index (κ2) is 6.54. The van der Waals surface area contributed by atoms with Gasteiger partial charge in [0.2, 0.25) is 0 Å². The van der Waals surface area contributed by atoms with Gasteiger partial charge >= 0.3 is 0 Å². The van der Waals surface area contributed by atoms with Crippen molar-refractivity contribution in [1.82, 2.24) is 4.90 Å². The molecule has 1 aromatic carbocycles. The zero-order valence-corrected chi connectivity index (χ0v) is 13.5. The Labute approximate surface area is 127 Å². The molecule has 0 aliphatic carbocycles. The molecule has 6 heteroatoms. The van der Waals surface area contributed by atoms with Gasteiger partial charge < -0.3 is 9.80 Å². The molecule has 0 bridgehead atoms. The first kappa shape index (κ1) is 15.3. The van der Waals surface area contributed by atoms with E-state index in [0.29, 0.717) is 11.7 Å². The second-order valence-corrected chi connectivity index (χ2v) is 6.08. The Hall–Kier alpha value is -1.14. The fourth-order valence-corrected chi connectivity index (χ4v) is 3.11. The van der Waals surface area contributed by atoms with E-state index in [1.807, 2.05) is 19.2 Å². The summed E-state index contributed by atoms with van der Waals surface area (Å²) < 4.78 is 0.738. The molecular formula is C14H20BrN3O2. The molecule has 2 rings (SSSR count). The lowest BCUT2D eigenvalue weighted by molar-refractivity contribution is -0.384. The summed E-state index contributed by atoms with van der Waals surface area (Å²) in [6.45, 7) is 5.38. The average molecular weight is 342 g/mol. The molecule has 110 valence electrons. The van der Waals surface area contributed by atoms with E-state index >= 15 is 0 Å². The standard InChI is InChI=1S/C14H20BrN3O2/c1-3-17-8-6-12(7-9-17)16(2)13-5-4-11(15)10-14(13)18(19)20/h4-5,10,12H,3,6-9H2,1-2H3. The van der Waals surface area contributed by atoms with E-state index in [1.54, 1.807) is 6.07 Å². The van der Waals surface area contributed by atoms with Crippen LogP contribution in [0.1, 0.15) is 19.8 Å². The van der Waals surface area contributed by atoms with Crippen molar-refractivity contribution in [2.24, 2.45) is 0 Å². The third-order valence-corrected chi connectivity index (χ3v) is 4.56. The van der Waals surface area contributed by atoms with Crippen LogP contribution in [0.15, 0.2) is 22.7 Å².